The van der Waals surface area contributed by atoms with E-state index in [2.05, 4.69) is 5.32 Å². The number of halogens is 1. The fourth-order valence-electron chi connectivity index (χ4n) is 3.67. The maximum atomic E-state index is 13.3. The van der Waals surface area contributed by atoms with Crippen LogP contribution in [-0.2, 0) is 14.3 Å². The summed E-state index contributed by atoms with van der Waals surface area (Å²) in [4.78, 5) is 51.2. The van der Waals surface area contributed by atoms with Crippen molar-refractivity contribution in [2.45, 2.75) is 32.0 Å². The molecule has 2 aromatic rings. The van der Waals surface area contributed by atoms with Gasteiger partial charge in [0.05, 0.1) is 29.3 Å². The number of amides is 3. The maximum absolute atomic E-state index is 13.3. The summed E-state index contributed by atoms with van der Waals surface area (Å²) in [7, 11) is 0. The number of nitrogens with one attached hydrogen (secondary N) is 1. The van der Waals surface area contributed by atoms with E-state index in [1.807, 2.05) is 0 Å². The first-order chi connectivity index (χ1) is 15.3. The van der Waals surface area contributed by atoms with Crippen molar-refractivity contribution in [2.24, 2.45) is 0 Å². The van der Waals surface area contributed by atoms with Gasteiger partial charge in [-0.1, -0.05) is 6.07 Å². The van der Waals surface area contributed by atoms with E-state index in [0.29, 0.717) is 6.61 Å². The molecule has 0 bridgehead atoms. The lowest BCUT2D eigenvalue weighted by atomic mass is 10.1. The van der Waals surface area contributed by atoms with Gasteiger partial charge in [-0.25, -0.2) is 9.18 Å². The number of carbonyl (C=O) groups is 4. The topological polar surface area (TPSA) is 102 Å². The van der Waals surface area contributed by atoms with Gasteiger partial charge in [0.25, 0.3) is 17.7 Å². The summed E-state index contributed by atoms with van der Waals surface area (Å²) in [5.74, 6) is -2.90. The fraction of sp³-hybridized carbons (Fsp3) is 0.304. The number of fused-ring (bicyclic) bond motifs is 1. The first-order valence-electron chi connectivity index (χ1n) is 10.2. The molecule has 3 amide bonds. The Morgan fingerprint density at radius 3 is 2.69 bits per heavy atom. The minimum Gasteiger partial charge on any atom is -0.449 e. The van der Waals surface area contributed by atoms with Gasteiger partial charge in [0.2, 0.25) is 0 Å². The normalized spacial score (nSPS) is 18.4. The van der Waals surface area contributed by atoms with E-state index >= 15 is 0 Å². The number of anilines is 1. The predicted molar refractivity (Wildman–Crippen MR) is 111 cm³/mol. The molecule has 2 aliphatic rings. The molecular formula is C23H21FN2O6. The van der Waals surface area contributed by atoms with E-state index in [1.165, 1.54) is 43.3 Å². The molecule has 0 spiro atoms. The Kier molecular flexibility index (Phi) is 6.00. The Morgan fingerprint density at radius 1 is 1.19 bits per heavy atom. The van der Waals surface area contributed by atoms with Crippen LogP contribution in [0.3, 0.4) is 0 Å². The Hall–Kier alpha value is -3.59. The summed E-state index contributed by atoms with van der Waals surface area (Å²) in [6.45, 7) is 2.15. The molecule has 2 atom stereocenters. The van der Waals surface area contributed by atoms with Crippen LogP contribution in [0.1, 0.15) is 50.8 Å². The van der Waals surface area contributed by atoms with Crippen molar-refractivity contribution in [3.05, 3.63) is 65.0 Å². The van der Waals surface area contributed by atoms with Crippen molar-refractivity contribution < 1.29 is 33.0 Å². The van der Waals surface area contributed by atoms with Crippen LogP contribution in [0.5, 0.6) is 0 Å². The van der Waals surface area contributed by atoms with E-state index in [-0.39, 0.29) is 35.0 Å². The molecule has 0 aliphatic carbocycles. The van der Waals surface area contributed by atoms with E-state index in [1.54, 1.807) is 0 Å². The summed E-state index contributed by atoms with van der Waals surface area (Å²) >= 11 is 0. The van der Waals surface area contributed by atoms with Crippen LogP contribution in [0.2, 0.25) is 0 Å². The predicted octanol–water partition coefficient (Wildman–Crippen LogP) is 2.78. The second-order valence-electron chi connectivity index (χ2n) is 7.66. The molecule has 2 aliphatic heterocycles. The highest BCUT2D eigenvalue weighted by Crippen LogP contribution is 2.26. The first kappa shape index (κ1) is 21.6. The van der Waals surface area contributed by atoms with E-state index in [0.717, 1.165) is 23.8 Å². The maximum Gasteiger partial charge on any atom is 0.338 e. The second-order valence-corrected chi connectivity index (χ2v) is 7.66. The van der Waals surface area contributed by atoms with Gasteiger partial charge in [-0.3, -0.25) is 19.3 Å². The number of hydrogen-bond donors (Lipinski definition) is 1. The van der Waals surface area contributed by atoms with Crippen LogP contribution >= 0.6 is 0 Å². The van der Waals surface area contributed by atoms with Gasteiger partial charge >= 0.3 is 5.97 Å². The van der Waals surface area contributed by atoms with Crippen LogP contribution in [0.4, 0.5) is 10.1 Å². The van der Waals surface area contributed by atoms with Gasteiger partial charge in [0.15, 0.2) is 6.10 Å². The first-order valence-corrected chi connectivity index (χ1v) is 10.2. The van der Waals surface area contributed by atoms with Gasteiger partial charge in [-0.05, 0) is 56.2 Å². The van der Waals surface area contributed by atoms with Gasteiger partial charge in [-0.15, -0.1) is 0 Å². The third kappa shape index (κ3) is 4.38. The number of ether oxygens (including phenoxy) is 2. The zero-order valence-electron chi connectivity index (χ0n) is 17.3. The van der Waals surface area contributed by atoms with E-state index < -0.39 is 35.6 Å². The number of hydrogen-bond acceptors (Lipinski definition) is 6. The van der Waals surface area contributed by atoms with Crippen molar-refractivity contribution in [3.63, 3.8) is 0 Å². The Labute approximate surface area is 183 Å². The highest BCUT2D eigenvalue weighted by atomic mass is 19.1. The summed E-state index contributed by atoms with van der Waals surface area (Å²) in [6, 6.07) is 9.38. The lowest BCUT2D eigenvalue weighted by Crippen LogP contribution is -2.36. The summed E-state index contributed by atoms with van der Waals surface area (Å²) in [5.41, 5.74) is 0.584. The second kappa shape index (κ2) is 8.88. The number of nitrogens with zero attached hydrogens (tertiary/aromatic N) is 1. The minimum absolute atomic E-state index is 0.0364. The van der Waals surface area contributed by atoms with Gasteiger partial charge in [0, 0.05) is 12.3 Å². The third-order valence-electron chi connectivity index (χ3n) is 5.36. The zero-order chi connectivity index (χ0) is 22.8. The van der Waals surface area contributed by atoms with Gasteiger partial charge in [-0.2, -0.15) is 0 Å². The molecule has 32 heavy (non-hydrogen) atoms. The standard InChI is InChI=1S/C23H21FN2O6/c1-13(20(27)25-16-5-2-4-15(24)11-16)32-23(30)14-7-8-18-19(10-14)22(29)26(21(18)28)12-17-6-3-9-31-17/h2,4-5,7-8,10-11,13,17H,3,6,9,12H2,1H3,(H,25,27). The third-order valence-corrected chi connectivity index (χ3v) is 5.36. The molecule has 8 nitrogen and oxygen atoms in total. The summed E-state index contributed by atoms with van der Waals surface area (Å²) in [6.07, 6.45) is 0.307. The molecule has 0 aromatic heterocycles. The number of carbonyl (C=O) groups excluding carboxylic acids is 4. The zero-order valence-corrected chi connectivity index (χ0v) is 17.3. The summed E-state index contributed by atoms with van der Waals surface area (Å²) < 4.78 is 24.0. The molecule has 1 N–H and O–H groups in total. The van der Waals surface area contributed by atoms with Crippen LogP contribution in [0, 0.1) is 5.82 Å². The number of benzene rings is 2. The number of imide groups is 1. The molecule has 1 fully saturated rings. The summed E-state index contributed by atoms with van der Waals surface area (Å²) in [5, 5.41) is 2.46. The van der Waals surface area contributed by atoms with E-state index in [4.69, 9.17) is 9.47 Å². The van der Waals surface area contributed by atoms with Crippen molar-refractivity contribution >= 4 is 29.4 Å². The number of esters is 1. The quantitative estimate of drug-likeness (QED) is 0.548. The molecule has 4 rings (SSSR count). The largest absolute Gasteiger partial charge is 0.449 e. The average Bonchev–Trinajstić information content (AvgIpc) is 3.36. The smallest absolute Gasteiger partial charge is 0.338 e. The van der Waals surface area contributed by atoms with Crippen molar-refractivity contribution in [1.29, 1.82) is 0 Å². The van der Waals surface area contributed by atoms with E-state index in [9.17, 15) is 23.6 Å². The molecule has 2 unspecified atom stereocenters. The van der Waals surface area contributed by atoms with Crippen LogP contribution in [0.25, 0.3) is 0 Å². The SMILES string of the molecule is CC(OC(=O)c1ccc2c(c1)C(=O)N(CC1CCCO1)C2=O)C(=O)Nc1cccc(F)c1. The van der Waals surface area contributed by atoms with Crippen molar-refractivity contribution in [1.82, 2.24) is 4.90 Å². The lowest BCUT2D eigenvalue weighted by Gasteiger charge is -2.17. The molecule has 1 saturated heterocycles. The lowest BCUT2D eigenvalue weighted by molar-refractivity contribution is -0.123. The Bertz CT molecular complexity index is 1100. The van der Waals surface area contributed by atoms with Crippen LogP contribution in [0.15, 0.2) is 42.5 Å². The van der Waals surface area contributed by atoms with Crippen LogP contribution in [-0.4, -0.2) is 54.0 Å². The Morgan fingerprint density at radius 2 is 1.97 bits per heavy atom. The van der Waals surface area contributed by atoms with Crippen molar-refractivity contribution in [2.75, 3.05) is 18.5 Å². The Balaban J connectivity index is 1.42. The highest BCUT2D eigenvalue weighted by molar-refractivity contribution is 6.22. The van der Waals surface area contributed by atoms with Gasteiger partial charge in [0.1, 0.15) is 5.82 Å². The van der Waals surface area contributed by atoms with Crippen LogP contribution < -0.4 is 5.32 Å². The molecule has 9 heteroatoms. The average molecular weight is 440 g/mol. The monoisotopic (exact) mass is 440 g/mol. The molecule has 2 aromatic carbocycles. The molecule has 0 radical (unpaired) electrons. The number of rotatable bonds is 6. The minimum atomic E-state index is -1.17. The highest BCUT2D eigenvalue weighted by Gasteiger charge is 2.38. The molecule has 2 heterocycles. The molecule has 166 valence electrons. The van der Waals surface area contributed by atoms with Crippen molar-refractivity contribution in [3.8, 4) is 0 Å². The fourth-order valence-corrected chi connectivity index (χ4v) is 3.67. The molecule has 0 saturated carbocycles. The van der Waals surface area contributed by atoms with Gasteiger partial charge < -0.3 is 14.8 Å². The molecular weight excluding hydrogens is 419 g/mol.